The molecule has 6 rings (SSSR count). The summed E-state index contributed by atoms with van der Waals surface area (Å²) in [6.07, 6.45) is 0.0271. The first-order chi connectivity index (χ1) is 21.4. The zero-order valence-corrected chi connectivity index (χ0v) is 24.0. The molecule has 2 amide bonds. The Morgan fingerprint density at radius 1 is 0.841 bits per heavy atom. The van der Waals surface area contributed by atoms with Gasteiger partial charge in [-0.2, -0.15) is 15.0 Å². The number of carbonyl (C=O) groups is 2. The molecule has 0 radical (unpaired) electrons. The molecule has 6 N–H and O–H groups in total. The van der Waals surface area contributed by atoms with E-state index in [-0.39, 0.29) is 36.9 Å². The number of aromatic nitrogens is 3. The summed E-state index contributed by atoms with van der Waals surface area (Å²) in [6, 6.07) is 20.2. The topological polar surface area (TPSA) is 174 Å². The van der Waals surface area contributed by atoms with Crippen molar-refractivity contribution in [3.05, 3.63) is 89.2 Å². The monoisotopic (exact) mass is 595 g/mol. The predicted molar refractivity (Wildman–Crippen MR) is 165 cm³/mol. The Balaban J connectivity index is 0.983. The van der Waals surface area contributed by atoms with E-state index in [0.717, 1.165) is 42.3 Å². The quantitative estimate of drug-likeness (QED) is 0.209. The number of nitrogens with one attached hydrogen (secondary N) is 2. The van der Waals surface area contributed by atoms with E-state index < -0.39 is 0 Å². The summed E-state index contributed by atoms with van der Waals surface area (Å²) in [5, 5.41) is 5.94. The molecule has 44 heavy (non-hydrogen) atoms. The molecule has 3 aromatic carbocycles. The average molecular weight is 596 g/mol. The van der Waals surface area contributed by atoms with Crippen LogP contribution in [0, 0.1) is 0 Å². The van der Waals surface area contributed by atoms with Gasteiger partial charge in [-0.25, -0.2) is 0 Å². The van der Waals surface area contributed by atoms with Crippen LogP contribution in [0.15, 0.2) is 66.7 Å². The van der Waals surface area contributed by atoms with Crippen molar-refractivity contribution in [3.8, 4) is 11.5 Å². The number of nitrogen functional groups attached to an aromatic ring is 2. The summed E-state index contributed by atoms with van der Waals surface area (Å²) < 4.78 is 10.9. The van der Waals surface area contributed by atoms with E-state index in [4.69, 9.17) is 20.9 Å². The van der Waals surface area contributed by atoms with E-state index >= 15 is 0 Å². The minimum absolute atomic E-state index is 0.0271. The summed E-state index contributed by atoms with van der Waals surface area (Å²) >= 11 is 0. The van der Waals surface area contributed by atoms with Crippen molar-refractivity contribution in [3.63, 3.8) is 0 Å². The number of nitrogens with two attached hydrogens (primary N) is 2. The zero-order valence-electron chi connectivity index (χ0n) is 24.0. The number of fused-ring (bicyclic) bond motifs is 1. The number of hydrogen-bond acceptors (Lipinski definition) is 11. The van der Waals surface area contributed by atoms with Crippen LogP contribution in [0.3, 0.4) is 0 Å². The van der Waals surface area contributed by atoms with Crippen LogP contribution < -0.4 is 31.6 Å². The standard InChI is InChI=1S/C31H33N9O4/c32-23-3-1-2-4-24(23)35-29(42)22-8-5-20(6-9-22)17-34-31-37-27(36-30(33)38-31)16-28(41)40-13-11-39(12-14-40)18-21-7-10-25-26(15-21)44-19-43-25/h1-10,15H,11-14,16-19,32H2,(H,35,42)(H3,33,34,36,37,38). The first-order valence-corrected chi connectivity index (χ1v) is 14.3. The Bertz CT molecular complexity index is 1660. The molecule has 226 valence electrons. The average Bonchev–Trinajstić information content (AvgIpc) is 3.50. The Labute approximate surface area is 254 Å². The summed E-state index contributed by atoms with van der Waals surface area (Å²) in [4.78, 5) is 42.5. The van der Waals surface area contributed by atoms with E-state index in [2.05, 4.69) is 30.5 Å². The molecule has 3 heterocycles. The molecule has 0 saturated carbocycles. The highest BCUT2D eigenvalue weighted by atomic mass is 16.7. The first kappa shape index (κ1) is 28.7. The largest absolute Gasteiger partial charge is 0.454 e. The molecule has 0 bridgehead atoms. The van der Waals surface area contributed by atoms with Gasteiger partial charge in [0.25, 0.3) is 5.91 Å². The number of piperazine rings is 1. The molecule has 0 unspecified atom stereocenters. The summed E-state index contributed by atoms with van der Waals surface area (Å²) in [5.74, 6) is 1.84. The van der Waals surface area contributed by atoms with Crippen LogP contribution in [0.5, 0.6) is 11.5 Å². The maximum absolute atomic E-state index is 13.1. The highest BCUT2D eigenvalue weighted by molar-refractivity contribution is 6.05. The third-order valence-corrected chi connectivity index (χ3v) is 7.45. The van der Waals surface area contributed by atoms with Crippen molar-refractivity contribution in [2.75, 3.05) is 55.1 Å². The lowest BCUT2D eigenvalue weighted by Crippen LogP contribution is -2.48. The number of rotatable bonds is 9. The molecular weight excluding hydrogens is 562 g/mol. The molecule has 1 aromatic heterocycles. The lowest BCUT2D eigenvalue weighted by atomic mass is 10.1. The van der Waals surface area contributed by atoms with E-state index in [1.807, 2.05) is 35.2 Å². The second kappa shape index (κ2) is 12.8. The van der Waals surface area contributed by atoms with Crippen molar-refractivity contribution in [2.24, 2.45) is 0 Å². The minimum Gasteiger partial charge on any atom is -0.454 e. The third-order valence-electron chi connectivity index (χ3n) is 7.45. The van der Waals surface area contributed by atoms with Crippen LogP contribution in [-0.4, -0.2) is 69.5 Å². The first-order valence-electron chi connectivity index (χ1n) is 14.3. The molecule has 13 heteroatoms. The van der Waals surface area contributed by atoms with E-state index in [1.54, 1.807) is 36.4 Å². The Morgan fingerprint density at radius 2 is 1.59 bits per heavy atom. The van der Waals surface area contributed by atoms with Gasteiger partial charge in [-0.1, -0.05) is 30.3 Å². The van der Waals surface area contributed by atoms with Gasteiger partial charge in [-0.3, -0.25) is 14.5 Å². The van der Waals surface area contributed by atoms with Crippen molar-refractivity contribution in [1.29, 1.82) is 0 Å². The van der Waals surface area contributed by atoms with E-state index in [9.17, 15) is 9.59 Å². The molecule has 0 atom stereocenters. The Kier molecular flexibility index (Phi) is 8.36. The van der Waals surface area contributed by atoms with E-state index in [0.29, 0.717) is 42.4 Å². The van der Waals surface area contributed by atoms with Gasteiger partial charge in [0.15, 0.2) is 11.5 Å². The zero-order chi connectivity index (χ0) is 30.5. The van der Waals surface area contributed by atoms with E-state index in [1.165, 1.54) is 0 Å². The number of hydrogen-bond donors (Lipinski definition) is 4. The fraction of sp³-hybridized carbons (Fsp3) is 0.258. The van der Waals surface area contributed by atoms with Crippen molar-refractivity contribution < 1.29 is 19.1 Å². The second-order valence-electron chi connectivity index (χ2n) is 10.5. The predicted octanol–water partition coefficient (Wildman–Crippen LogP) is 2.52. The number of amides is 2. The Hall–Kier alpha value is -5.43. The van der Waals surface area contributed by atoms with Gasteiger partial charge in [-0.15, -0.1) is 0 Å². The van der Waals surface area contributed by atoms with Gasteiger partial charge in [0.1, 0.15) is 5.82 Å². The molecule has 0 aliphatic carbocycles. The number of para-hydroxylation sites is 2. The SMILES string of the molecule is Nc1nc(CC(=O)N2CCN(Cc3ccc4c(c3)OCO4)CC2)nc(NCc2ccc(C(=O)Nc3ccccc3N)cc2)n1. The van der Waals surface area contributed by atoms with Gasteiger partial charge >= 0.3 is 0 Å². The number of nitrogens with zero attached hydrogens (tertiary/aromatic N) is 5. The lowest BCUT2D eigenvalue weighted by molar-refractivity contribution is -0.132. The highest BCUT2D eigenvalue weighted by Crippen LogP contribution is 2.33. The van der Waals surface area contributed by atoms with Gasteiger partial charge in [0.05, 0.1) is 17.8 Å². The van der Waals surface area contributed by atoms with Crippen LogP contribution >= 0.6 is 0 Å². The summed E-state index contributed by atoms with van der Waals surface area (Å²) in [5.41, 5.74) is 15.4. The highest BCUT2D eigenvalue weighted by Gasteiger charge is 2.23. The van der Waals surface area contributed by atoms with Gasteiger partial charge in [0, 0.05) is 44.8 Å². The minimum atomic E-state index is -0.256. The third kappa shape index (κ3) is 6.95. The maximum Gasteiger partial charge on any atom is 0.255 e. The number of benzene rings is 3. The van der Waals surface area contributed by atoms with Crippen LogP contribution in [0.4, 0.5) is 23.3 Å². The number of ether oxygens (including phenoxy) is 2. The molecular formula is C31H33N9O4. The van der Waals surface area contributed by atoms with Crippen LogP contribution in [0.1, 0.15) is 27.3 Å². The van der Waals surface area contributed by atoms with Gasteiger partial charge in [-0.05, 0) is 47.5 Å². The fourth-order valence-electron chi connectivity index (χ4n) is 5.06. The molecule has 2 aliphatic heterocycles. The normalized spacial score (nSPS) is 14.3. The van der Waals surface area contributed by atoms with Gasteiger partial charge in [0.2, 0.25) is 24.6 Å². The molecule has 13 nitrogen and oxygen atoms in total. The summed E-state index contributed by atoms with van der Waals surface area (Å²) in [6.45, 7) is 4.15. The van der Waals surface area contributed by atoms with Crippen LogP contribution in [0.25, 0.3) is 0 Å². The number of carbonyl (C=O) groups excluding carboxylic acids is 2. The molecule has 1 saturated heterocycles. The molecule has 1 fully saturated rings. The number of anilines is 4. The maximum atomic E-state index is 13.1. The summed E-state index contributed by atoms with van der Waals surface area (Å²) in [7, 11) is 0. The fourth-order valence-corrected chi connectivity index (χ4v) is 5.06. The van der Waals surface area contributed by atoms with Gasteiger partial charge < -0.3 is 36.5 Å². The Morgan fingerprint density at radius 3 is 2.39 bits per heavy atom. The smallest absolute Gasteiger partial charge is 0.255 e. The second-order valence-corrected chi connectivity index (χ2v) is 10.5. The molecule has 0 spiro atoms. The molecule has 4 aromatic rings. The lowest BCUT2D eigenvalue weighted by Gasteiger charge is -2.34. The van der Waals surface area contributed by atoms with Crippen molar-refractivity contribution in [1.82, 2.24) is 24.8 Å². The van der Waals surface area contributed by atoms with Crippen molar-refractivity contribution in [2.45, 2.75) is 19.5 Å². The van der Waals surface area contributed by atoms with Crippen molar-refractivity contribution >= 4 is 35.1 Å². The molecule has 2 aliphatic rings. The van der Waals surface area contributed by atoms with Crippen LogP contribution in [0.2, 0.25) is 0 Å². The van der Waals surface area contributed by atoms with Crippen LogP contribution in [-0.2, 0) is 24.3 Å².